The quantitative estimate of drug-likeness (QED) is 0.831. The van der Waals surface area contributed by atoms with Crippen molar-refractivity contribution in [3.05, 3.63) is 35.2 Å². The monoisotopic (exact) mass is 287 g/mol. The summed E-state index contributed by atoms with van der Waals surface area (Å²) in [6.45, 7) is 2.21. The summed E-state index contributed by atoms with van der Waals surface area (Å²) < 4.78 is 6.68. The number of fused-ring (bicyclic) bond motifs is 1. The van der Waals surface area contributed by atoms with Gasteiger partial charge in [0.2, 0.25) is 0 Å². The molecule has 2 atom stereocenters. The first kappa shape index (κ1) is 15.4. The van der Waals surface area contributed by atoms with Crippen molar-refractivity contribution in [1.29, 1.82) is 0 Å². The first-order chi connectivity index (χ1) is 8.20. The van der Waals surface area contributed by atoms with Crippen molar-refractivity contribution in [3.63, 3.8) is 0 Å². The number of halogens is 1. The molecule has 2 aromatic rings. The van der Waals surface area contributed by atoms with Crippen molar-refractivity contribution in [2.24, 2.45) is 0 Å². The highest BCUT2D eigenvalue weighted by atomic mass is 35.5. The molecule has 0 aliphatic heterocycles. The van der Waals surface area contributed by atoms with Crippen molar-refractivity contribution < 1.29 is 9.84 Å². The second-order valence-corrected chi connectivity index (χ2v) is 4.95. The summed E-state index contributed by atoms with van der Waals surface area (Å²) in [4.78, 5) is 0. The zero-order valence-corrected chi connectivity index (χ0v) is 12.1. The van der Waals surface area contributed by atoms with E-state index in [2.05, 4.69) is 16.8 Å². The molecule has 0 saturated heterocycles. The minimum absolute atomic E-state index is 0. The Kier molecular flexibility index (Phi) is 6.05. The van der Waals surface area contributed by atoms with Crippen LogP contribution in [0, 0.1) is 0 Å². The summed E-state index contributed by atoms with van der Waals surface area (Å²) in [7, 11) is 1.83. The Morgan fingerprint density at radius 1 is 1.39 bits per heavy atom. The van der Waals surface area contributed by atoms with Crippen LogP contribution in [0.15, 0.2) is 29.6 Å². The summed E-state index contributed by atoms with van der Waals surface area (Å²) in [5, 5.41) is 16.2. The van der Waals surface area contributed by atoms with Crippen LogP contribution in [0.5, 0.6) is 0 Å². The van der Waals surface area contributed by atoms with Crippen molar-refractivity contribution in [2.75, 3.05) is 13.7 Å². The van der Waals surface area contributed by atoms with Crippen LogP contribution in [-0.4, -0.2) is 25.0 Å². The standard InChI is InChI=1S/C13H17NO2S.ClH/c1-9(14-2)16-8-12(15)10-3-4-13-11(7-10)5-6-17-13;/h3-7,9,12,14-15H,8H2,1-2H3;1H. The fraction of sp³-hybridized carbons (Fsp3) is 0.385. The molecule has 5 heteroatoms. The number of ether oxygens (including phenoxy) is 1. The molecule has 0 amide bonds. The second kappa shape index (κ2) is 7.07. The number of aliphatic hydroxyl groups excluding tert-OH is 1. The number of rotatable bonds is 5. The summed E-state index contributed by atoms with van der Waals surface area (Å²) in [5.41, 5.74) is 0.902. The van der Waals surface area contributed by atoms with Crippen LogP contribution in [0.1, 0.15) is 18.6 Å². The number of benzene rings is 1. The predicted molar refractivity (Wildman–Crippen MR) is 78.5 cm³/mol. The molecule has 2 N–H and O–H groups in total. The highest BCUT2D eigenvalue weighted by Gasteiger charge is 2.10. The maximum atomic E-state index is 10.0. The van der Waals surface area contributed by atoms with Gasteiger partial charge in [0.05, 0.1) is 6.61 Å². The molecule has 100 valence electrons. The van der Waals surface area contributed by atoms with Gasteiger partial charge in [-0.05, 0) is 48.5 Å². The normalized spacial score (nSPS) is 14.2. The lowest BCUT2D eigenvalue weighted by Gasteiger charge is -2.16. The summed E-state index contributed by atoms with van der Waals surface area (Å²) in [5.74, 6) is 0. The molecule has 1 heterocycles. The van der Waals surface area contributed by atoms with Gasteiger partial charge in [-0.2, -0.15) is 0 Å². The number of hydrogen-bond acceptors (Lipinski definition) is 4. The highest BCUT2D eigenvalue weighted by molar-refractivity contribution is 7.17. The highest BCUT2D eigenvalue weighted by Crippen LogP contribution is 2.24. The number of aliphatic hydroxyl groups is 1. The lowest BCUT2D eigenvalue weighted by Crippen LogP contribution is -2.26. The maximum absolute atomic E-state index is 10.0. The van der Waals surface area contributed by atoms with E-state index in [1.165, 1.54) is 10.1 Å². The van der Waals surface area contributed by atoms with Gasteiger partial charge < -0.3 is 9.84 Å². The first-order valence-corrected chi connectivity index (χ1v) is 6.53. The van der Waals surface area contributed by atoms with Crippen molar-refractivity contribution in [1.82, 2.24) is 5.32 Å². The zero-order valence-electron chi connectivity index (χ0n) is 10.4. The second-order valence-electron chi connectivity index (χ2n) is 4.00. The largest absolute Gasteiger partial charge is 0.386 e. The third-order valence-corrected chi connectivity index (χ3v) is 3.67. The molecule has 0 bridgehead atoms. The molecule has 0 aliphatic carbocycles. The Bertz CT molecular complexity index is 489. The molecule has 0 radical (unpaired) electrons. The predicted octanol–water partition coefficient (Wildman–Crippen LogP) is 2.94. The minimum Gasteiger partial charge on any atom is -0.386 e. The maximum Gasteiger partial charge on any atom is 0.105 e. The van der Waals surface area contributed by atoms with Gasteiger partial charge in [-0.25, -0.2) is 0 Å². The van der Waals surface area contributed by atoms with E-state index in [4.69, 9.17) is 4.74 Å². The van der Waals surface area contributed by atoms with E-state index in [1.807, 2.05) is 32.2 Å². The molecular formula is C13H18ClNO2S. The topological polar surface area (TPSA) is 41.5 Å². The third-order valence-electron chi connectivity index (χ3n) is 2.77. The minimum atomic E-state index is -0.574. The average molecular weight is 288 g/mol. The molecule has 1 aromatic heterocycles. The van der Waals surface area contributed by atoms with E-state index in [1.54, 1.807) is 11.3 Å². The zero-order chi connectivity index (χ0) is 12.3. The van der Waals surface area contributed by atoms with Gasteiger partial charge in [0.25, 0.3) is 0 Å². The van der Waals surface area contributed by atoms with Crippen molar-refractivity contribution >= 4 is 33.8 Å². The molecule has 1 aromatic carbocycles. The fourth-order valence-corrected chi connectivity index (χ4v) is 2.38. The van der Waals surface area contributed by atoms with Crippen molar-refractivity contribution in [3.8, 4) is 0 Å². The molecule has 0 spiro atoms. The van der Waals surface area contributed by atoms with Crippen LogP contribution in [0.4, 0.5) is 0 Å². The number of thiophene rings is 1. The van der Waals surface area contributed by atoms with Crippen molar-refractivity contribution in [2.45, 2.75) is 19.3 Å². The van der Waals surface area contributed by atoms with E-state index < -0.39 is 6.10 Å². The molecule has 0 saturated carbocycles. The fourth-order valence-electron chi connectivity index (χ4n) is 1.61. The molecule has 0 fully saturated rings. The SMILES string of the molecule is CNC(C)OCC(O)c1ccc2sccc2c1.Cl. The third kappa shape index (κ3) is 3.67. The Balaban J connectivity index is 0.00000162. The molecule has 0 aliphatic rings. The smallest absolute Gasteiger partial charge is 0.105 e. The Hall–Kier alpha value is -0.650. The molecule has 3 nitrogen and oxygen atoms in total. The van der Waals surface area contributed by atoms with Crippen LogP contribution in [-0.2, 0) is 4.74 Å². The van der Waals surface area contributed by atoms with Gasteiger partial charge in [0.1, 0.15) is 12.3 Å². The summed E-state index contributed by atoms with van der Waals surface area (Å²) in [6, 6.07) is 8.08. The van der Waals surface area contributed by atoms with E-state index >= 15 is 0 Å². The Morgan fingerprint density at radius 2 is 2.17 bits per heavy atom. The van der Waals surface area contributed by atoms with Gasteiger partial charge in [-0.1, -0.05) is 6.07 Å². The van der Waals surface area contributed by atoms with Crippen LogP contribution in [0.3, 0.4) is 0 Å². The van der Waals surface area contributed by atoms with Gasteiger partial charge in [0, 0.05) is 4.70 Å². The van der Waals surface area contributed by atoms with Gasteiger partial charge in [0.15, 0.2) is 0 Å². The van der Waals surface area contributed by atoms with Gasteiger partial charge in [-0.15, -0.1) is 23.7 Å². The molecule has 18 heavy (non-hydrogen) atoms. The average Bonchev–Trinajstić information content (AvgIpc) is 2.82. The molecular weight excluding hydrogens is 270 g/mol. The van der Waals surface area contributed by atoms with E-state index in [0.717, 1.165) is 5.56 Å². The van der Waals surface area contributed by atoms with E-state index in [0.29, 0.717) is 6.61 Å². The summed E-state index contributed by atoms with van der Waals surface area (Å²) >= 11 is 1.71. The number of hydrogen-bond donors (Lipinski definition) is 2. The lowest BCUT2D eigenvalue weighted by molar-refractivity contribution is -0.0131. The van der Waals surface area contributed by atoms with E-state index in [9.17, 15) is 5.11 Å². The molecule has 2 rings (SSSR count). The Labute approximate surface area is 117 Å². The Morgan fingerprint density at radius 3 is 2.89 bits per heavy atom. The number of nitrogens with one attached hydrogen (secondary N) is 1. The van der Waals surface area contributed by atoms with Crippen LogP contribution >= 0.6 is 23.7 Å². The van der Waals surface area contributed by atoms with Gasteiger partial charge >= 0.3 is 0 Å². The lowest BCUT2D eigenvalue weighted by atomic mass is 10.1. The molecule has 2 unspecified atom stereocenters. The first-order valence-electron chi connectivity index (χ1n) is 5.65. The van der Waals surface area contributed by atoms with Gasteiger partial charge in [-0.3, -0.25) is 5.32 Å². The van der Waals surface area contributed by atoms with Crippen LogP contribution < -0.4 is 5.32 Å². The van der Waals surface area contributed by atoms with E-state index in [-0.39, 0.29) is 18.6 Å². The van der Waals surface area contributed by atoms with Crippen LogP contribution in [0.25, 0.3) is 10.1 Å². The van der Waals surface area contributed by atoms with Crippen LogP contribution in [0.2, 0.25) is 0 Å². The summed E-state index contributed by atoms with van der Waals surface area (Å²) in [6.07, 6.45) is -0.621.